The quantitative estimate of drug-likeness (QED) is 0.441. The number of ether oxygens (including phenoxy) is 1. The monoisotopic (exact) mass is 488 g/mol. The zero-order valence-electron chi connectivity index (χ0n) is 17.5. The van der Waals surface area contributed by atoms with E-state index in [1.54, 1.807) is 30.3 Å². The minimum absolute atomic E-state index is 0.520. The van der Waals surface area contributed by atoms with Crippen LogP contribution in [0.2, 0.25) is 0 Å². The summed E-state index contributed by atoms with van der Waals surface area (Å²) in [5.41, 5.74) is 0.520. The molecule has 0 heterocycles. The third-order valence-corrected chi connectivity index (χ3v) is 9.77. The van der Waals surface area contributed by atoms with Gasteiger partial charge in [0.1, 0.15) is 0 Å². The number of esters is 1. The molecular weight excluding hydrogens is 467 g/mol. The van der Waals surface area contributed by atoms with Crippen LogP contribution >= 0.6 is 0 Å². The van der Waals surface area contributed by atoms with E-state index in [1.807, 2.05) is 0 Å². The average molecular weight is 489 g/mol. The van der Waals surface area contributed by atoms with Crippen molar-refractivity contribution >= 4 is 31.7 Å². The van der Waals surface area contributed by atoms with Crippen molar-refractivity contribution in [3.05, 3.63) is 103 Å². The summed E-state index contributed by atoms with van der Waals surface area (Å²) in [6.07, 6.45) is -0.0775. The molecule has 6 nitrogen and oxygen atoms in total. The molecule has 0 saturated heterocycles. The summed E-state index contributed by atoms with van der Waals surface area (Å²) in [4.78, 5) is 10.7. The van der Waals surface area contributed by atoms with Crippen LogP contribution in [-0.4, -0.2) is 33.2 Å². The molecule has 0 aliphatic rings. The van der Waals surface area contributed by atoms with E-state index >= 15 is 4.39 Å². The Balaban J connectivity index is 2.30. The summed E-state index contributed by atoms with van der Waals surface area (Å²) in [6, 6.07) is 21.1. The molecule has 0 aromatic heterocycles. The average Bonchev–Trinajstić information content (AvgIpc) is 2.82. The molecule has 0 aliphatic heterocycles. The fourth-order valence-corrected chi connectivity index (χ4v) is 7.41. The van der Waals surface area contributed by atoms with Crippen LogP contribution in [0.4, 0.5) is 4.39 Å². The van der Waals surface area contributed by atoms with Gasteiger partial charge in [-0.2, -0.15) is 0 Å². The van der Waals surface area contributed by atoms with Gasteiger partial charge in [-0.05, 0) is 35.9 Å². The van der Waals surface area contributed by atoms with Gasteiger partial charge in [-0.15, -0.1) is 0 Å². The molecule has 0 saturated carbocycles. The molecule has 33 heavy (non-hydrogen) atoms. The van der Waals surface area contributed by atoms with E-state index in [0.29, 0.717) is 5.56 Å². The maximum Gasteiger partial charge on any atom is 0.357 e. The van der Waals surface area contributed by atoms with E-state index in [9.17, 15) is 21.6 Å². The van der Waals surface area contributed by atoms with Crippen molar-refractivity contribution in [3.8, 4) is 0 Å². The van der Waals surface area contributed by atoms with E-state index in [1.165, 1.54) is 42.5 Å². The van der Waals surface area contributed by atoms with Crippen LogP contribution in [0.1, 0.15) is 12.5 Å². The minimum atomic E-state index is -5.24. The zero-order chi connectivity index (χ0) is 24.1. The molecule has 0 amide bonds. The number of halogens is 1. The smallest absolute Gasteiger partial charge is 0.357 e. The highest BCUT2D eigenvalue weighted by atomic mass is 32.3. The first-order valence-electron chi connectivity index (χ1n) is 9.79. The Morgan fingerprint density at radius 3 is 1.58 bits per heavy atom. The number of hydrogen-bond donors (Lipinski definition) is 0. The maximum atomic E-state index is 16.9. The summed E-state index contributed by atoms with van der Waals surface area (Å²) in [7, 11) is -10.5. The van der Waals surface area contributed by atoms with E-state index in [0.717, 1.165) is 37.3 Å². The van der Waals surface area contributed by atoms with E-state index in [2.05, 4.69) is 0 Å². The summed E-state index contributed by atoms with van der Waals surface area (Å²) < 4.78 is 72.0. The Kier molecular flexibility index (Phi) is 7.14. The predicted octanol–water partition coefficient (Wildman–Crippen LogP) is 4.20. The van der Waals surface area contributed by atoms with Crippen molar-refractivity contribution in [2.45, 2.75) is 27.2 Å². The molecule has 0 radical (unpaired) electrons. The van der Waals surface area contributed by atoms with E-state index in [4.69, 9.17) is 4.74 Å². The molecule has 3 aromatic carbocycles. The summed E-state index contributed by atoms with van der Waals surface area (Å²) in [5.74, 6) is -1.05. The molecule has 9 heteroatoms. The molecule has 0 unspecified atom stereocenters. The van der Waals surface area contributed by atoms with Gasteiger partial charge in [-0.3, -0.25) is 4.79 Å². The van der Waals surface area contributed by atoms with Gasteiger partial charge in [-0.25, -0.2) is 21.2 Å². The van der Waals surface area contributed by atoms with Crippen LogP contribution in [0.3, 0.4) is 0 Å². The predicted molar refractivity (Wildman–Crippen MR) is 122 cm³/mol. The number of carbonyl (C=O) groups is 1. The van der Waals surface area contributed by atoms with Gasteiger partial charge in [-0.1, -0.05) is 72.8 Å². The Bertz CT molecular complexity index is 1270. The van der Waals surface area contributed by atoms with E-state index in [-0.39, 0.29) is 0 Å². The number of carbonyl (C=O) groups excluding carboxylic acids is 1. The second-order valence-corrected chi connectivity index (χ2v) is 11.4. The fourth-order valence-electron chi connectivity index (χ4n) is 3.14. The normalized spacial score (nSPS) is 13.5. The van der Waals surface area contributed by atoms with Gasteiger partial charge in [0.15, 0.2) is 6.10 Å². The second-order valence-electron chi connectivity index (χ2n) is 7.02. The standard InChI is InChI=1S/C24H21FO6S2/c1-19(26)31-23(18-17-20-11-5-2-6-12-20)24(25,32(27,28)21-13-7-3-8-14-21)33(29,30)22-15-9-4-10-16-22/h2-18,23H,1H3/t23-/m0/s1. The van der Waals surface area contributed by atoms with Crippen molar-refractivity contribution in [1.82, 2.24) is 0 Å². The van der Waals surface area contributed by atoms with Crippen molar-refractivity contribution in [2.75, 3.05) is 0 Å². The highest BCUT2D eigenvalue weighted by Gasteiger charge is 2.63. The molecule has 0 N–H and O–H groups in total. The van der Waals surface area contributed by atoms with Crippen molar-refractivity contribution in [3.63, 3.8) is 0 Å². The highest BCUT2D eigenvalue weighted by Crippen LogP contribution is 2.41. The number of alkyl halides is 1. The summed E-state index contributed by atoms with van der Waals surface area (Å²) in [6.45, 7) is 0.939. The molecule has 3 rings (SSSR count). The summed E-state index contributed by atoms with van der Waals surface area (Å²) >= 11 is 0. The lowest BCUT2D eigenvalue weighted by molar-refractivity contribution is -0.146. The van der Waals surface area contributed by atoms with Crippen LogP contribution in [0, 0.1) is 0 Å². The van der Waals surface area contributed by atoms with E-state index < -0.39 is 45.9 Å². The Morgan fingerprint density at radius 1 is 0.788 bits per heavy atom. The molecular formula is C24H21FO6S2. The van der Waals surface area contributed by atoms with Crippen LogP contribution in [0.15, 0.2) is 107 Å². The van der Waals surface area contributed by atoms with Gasteiger partial charge >= 0.3 is 10.3 Å². The lowest BCUT2D eigenvalue weighted by Gasteiger charge is -2.30. The third-order valence-electron chi connectivity index (χ3n) is 4.74. The van der Waals surface area contributed by atoms with Gasteiger partial charge in [0.05, 0.1) is 9.79 Å². The largest absolute Gasteiger partial charge is 0.452 e. The van der Waals surface area contributed by atoms with Crippen LogP contribution in [0.5, 0.6) is 0 Å². The van der Waals surface area contributed by atoms with Gasteiger partial charge < -0.3 is 4.74 Å². The maximum absolute atomic E-state index is 16.9. The number of sulfone groups is 2. The summed E-state index contributed by atoms with van der Waals surface area (Å²) in [5, 5.41) is 0. The van der Waals surface area contributed by atoms with Crippen molar-refractivity contribution < 1.29 is 30.8 Å². The van der Waals surface area contributed by atoms with Crippen LogP contribution in [0.25, 0.3) is 6.08 Å². The van der Waals surface area contributed by atoms with Crippen LogP contribution in [-0.2, 0) is 29.2 Å². The zero-order valence-corrected chi connectivity index (χ0v) is 19.2. The van der Waals surface area contributed by atoms with Gasteiger partial charge in [0.2, 0.25) is 19.7 Å². The first-order chi connectivity index (χ1) is 15.6. The number of benzene rings is 3. The lowest BCUT2D eigenvalue weighted by atomic mass is 10.2. The molecule has 0 bridgehead atoms. The van der Waals surface area contributed by atoms with Crippen LogP contribution < -0.4 is 0 Å². The molecule has 0 spiro atoms. The molecule has 0 fully saturated rings. The fraction of sp³-hybridized carbons (Fsp3) is 0.125. The first kappa shape index (κ1) is 24.3. The van der Waals surface area contributed by atoms with Crippen molar-refractivity contribution in [1.29, 1.82) is 0 Å². The Morgan fingerprint density at radius 2 is 1.18 bits per heavy atom. The molecule has 172 valence electrons. The Hall–Kier alpha value is -3.30. The third kappa shape index (κ3) is 4.74. The topological polar surface area (TPSA) is 94.6 Å². The molecule has 1 atom stereocenters. The molecule has 3 aromatic rings. The Labute approximate surface area is 192 Å². The van der Waals surface area contributed by atoms with Gasteiger partial charge in [0.25, 0.3) is 0 Å². The minimum Gasteiger partial charge on any atom is -0.452 e. The van der Waals surface area contributed by atoms with Crippen molar-refractivity contribution in [2.24, 2.45) is 0 Å². The SMILES string of the molecule is CC(=O)O[C@@H](C=Cc1ccccc1)C(F)(S(=O)(=O)c1ccccc1)S(=O)(=O)c1ccccc1. The van der Waals surface area contributed by atoms with Gasteiger partial charge in [0, 0.05) is 6.92 Å². The number of rotatable bonds is 8. The second kappa shape index (κ2) is 9.68. The lowest BCUT2D eigenvalue weighted by Crippen LogP contribution is -2.52. The molecule has 0 aliphatic carbocycles. The first-order valence-corrected chi connectivity index (χ1v) is 12.8. The number of hydrogen-bond acceptors (Lipinski definition) is 6. The highest BCUT2D eigenvalue weighted by molar-refractivity contribution is 8.10.